The van der Waals surface area contributed by atoms with E-state index < -0.39 is 53.6 Å². The lowest BCUT2D eigenvalue weighted by Crippen LogP contribution is -2.55. The van der Waals surface area contributed by atoms with Gasteiger partial charge in [-0.25, -0.2) is 0 Å². The summed E-state index contributed by atoms with van der Waals surface area (Å²) in [4.78, 5) is 177. The standard InChI is InChI=1S/C27H27F3N2O4.C27H30N2O5.C26H26N2O5S.C19H20N4O4/c28-27(29,30)25-5-2-12-31(25)14-17-6-8-18(9-7-17)16-36-24-4-1-3-20-21(24)15-32(26(20)35)22-11-10-19(33)13-23(22)34;1-27(10-9-21(30)15-25(27)31)29-17-23-22(26(29)32)3-2-4-24(23)34-18-20-7-5-19(6-8-20)16-28-11-13-33-14-12-28;29-19-8-9-21(22(30)14-19)28-25(31)20-2-1-3-23(24(20)26(28)32)33-16-18-6-4-17(5-7-18)15-27-10-12-34-13-11-27;1-10-7-11(21-17(10)20)9-27-15-4-2-3-12-13(15)8-23(19(12)26)14-5-6-16(24)22-18(14)25/h1,3-4,6-9,22,25H,2,5,10-16H2;2-8H,9-18H2,1H3;1-7,21H,8-16H2;2-4,7,14,17H,5-6,8-9,20H2,1H3,(H,22,24,25)/t22?,25-;27-;;/m00../s1. The number of benzene rings is 7. The zero-order valence-corrected chi connectivity index (χ0v) is 73.8. The van der Waals surface area contributed by atoms with Crippen LogP contribution >= 0.6 is 11.8 Å². The summed E-state index contributed by atoms with van der Waals surface area (Å²) in [6.07, 6.45) is -0.117. The highest BCUT2D eigenvalue weighted by Crippen LogP contribution is 2.43. The number of amides is 7. The molecule has 3 saturated carbocycles. The number of carbonyl (C=O) groups is 13. The summed E-state index contributed by atoms with van der Waals surface area (Å²) in [5.74, 6) is 1.05. The van der Waals surface area contributed by atoms with Gasteiger partial charge in [-0.1, -0.05) is 97.1 Å². The van der Waals surface area contributed by atoms with Crippen molar-refractivity contribution in [2.75, 3.05) is 64.1 Å². The fourth-order valence-corrected chi connectivity index (χ4v) is 19.7. The smallest absolute Gasteiger partial charge is 0.404 e. The van der Waals surface area contributed by atoms with Crippen LogP contribution < -0.4 is 30.0 Å². The zero-order valence-electron chi connectivity index (χ0n) is 73.0. The molecule has 7 fully saturated rings. The number of likely N-dealkylation sites (tertiary alicyclic amines) is 1. The summed E-state index contributed by atoms with van der Waals surface area (Å²) in [6, 6.07) is 41.4. The van der Waals surface area contributed by atoms with Crippen LogP contribution in [0.4, 0.5) is 13.2 Å². The molecule has 684 valence electrons. The lowest BCUT2D eigenvalue weighted by atomic mass is 9.80. The Balaban J connectivity index is 0.000000128. The number of hydrogen-bond donors (Lipinski definition) is 2. The molecule has 0 spiro atoms. The number of piperidine rings is 1. The number of carbonyl (C=O) groups excluding carboxylic acids is 13. The number of nitrogens with two attached hydrogens (primary N) is 1. The Morgan fingerprint density at radius 3 is 1.47 bits per heavy atom. The summed E-state index contributed by atoms with van der Waals surface area (Å²) < 4.78 is 69.1. The molecule has 9 heterocycles. The number of ether oxygens (including phenoxy) is 5. The lowest BCUT2D eigenvalue weighted by Gasteiger charge is -2.39. The minimum absolute atomic E-state index is 0.0494. The van der Waals surface area contributed by atoms with Gasteiger partial charge in [0.15, 0.2) is 17.3 Å². The largest absolute Gasteiger partial charge is 0.489 e. The summed E-state index contributed by atoms with van der Waals surface area (Å²) in [5.41, 5.74) is 17.1. The molecule has 19 rings (SSSR count). The number of halogens is 3. The van der Waals surface area contributed by atoms with Crippen LogP contribution in [-0.2, 0) is 102 Å². The predicted octanol–water partition coefficient (Wildman–Crippen LogP) is 11.2. The molecule has 9 aliphatic heterocycles. The van der Waals surface area contributed by atoms with Crippen molar-refractivity contribution in [1.29, 1.82) is 0 Å². The normalized spacial score (nSPS) is 22.9. The van der Waals surface area contributed by atoms with Gasteiger partial charge in [-0.05, 0) is 152 Å². The molecule has 28 nitrogen and oxygen atoms in total. The van der Waals surface area contributed by atoms with Gasteiger partial charge in [0.25, 0.3) is 29.5 Å². The Kier molecular flexibility index (Phi) is 28.3. The topological polar surface area (TPSA) is 341 Å². The quantitative estimate of drug-likeness (QED) is 0.0470. The van der Waals surface area contributed by atoms with Gasteiger partial charge in [0, 0.05) is 116 Å². The van der Waals surface area contributed by atoms with E-state index in [1.807, 2.05) is 73.3 Å². The number of hydrogen-bond acceptors (Lipinski definition) is 24. The number of Topliss-reactive ketones (excluding diaryl/α,β-unsaturated/α-hetero) is 6. The molecule has 3 N–H and O–H groups in total. The number of morpholine rings is 1. The molecule has 0 aromatic heterocycles. The number of ketones is 6. The lowest BCUT2D eigenvalue weighted by molar-refractivity contribution is -0.177. The Bertz CT molecular complexity index is 5720. The number of alkyl halides is 3. The predicted molar refractivity (Wildman–Crippen MR) is 475 cm³/mol. The van der Waals surface area contributed by atoms with E-state index in [0.29, 0.717) is 97.9 Å². The molecule has 7 amide bonds. The van der Waals surface area contributed by atoms with Gasteiger partial charge in [-0.3, -0.25) is 92.2 Å². The van der Waals surface area contributed by atoms with Crippen LogP contribution in [0.1, 0.15) is 199 Å². The minimum atomic E-state index is -4.21. The second-order valence-electron chi connectivity index (χ2n) is 35.1. The van der Waals surface area contributed by atoms with Gasteiger partial charge in [-0.2, -0.15) is 24.9 Å². The third kappa shape index (κ3) is 20.9. The first-order chi connectivity index (χ1) is 63.1. The van der Waals surface area contributed by atoms with E-state index in [4.69, 9.17) is 29.4 Å². The molecule has 7 aromatic carbocycles. The number of imide groups is 2. The second-order valence-corrected chi connectivity index (χ2v) is 36.3. The van der Waals surface area contributed by atoms with Crippen molar-refractivity contribution >= 4 is 93.5 Å². The Labute approximate surface area is 759 Å². The summed E-state index contributed by atoms with van der Waals surface area (Å²) in [7, 11) is 0. The first-order valence-corrected chi connectivity index (χ1v) is 45.7. The van der Waals surface area contributed by atoms with Crippen LogP contribution in [0.2, 0.25) is 0 Å². The van der Waals surface area contributed by atoms with Crippen LogP contribution in [0.25, 0.3) is 0 Å². The second kappa shape index (κ2) is 40.3. The van der Waals surface area contributed by atoms with E-state index in [2.05, 4.69) is 56.5 Å². The van der Waals surface area contributed by atoms with E-state index in [-0.39, 0.29) is 160 Å². The van der Waals surface area contributed by atoms with E-state index in [9.17, 15) is 75.5 Å². The maximum absolute atomic E-state index is 13.2. The highest BCUT2D eigenvalue weighted by atomic mass is 32.2. The third-order valence-electron chi connectivity index (χ3n) is 26.3. The Morgan fingerprint density at radius 2 is 0.954 bits per heavy atom. The molecule has 12 aliphatic rings. The molecule has 32 heteroatoms. The van der Waals surface area contributed by atoms with Gasteiger partial charge in [-0.15, -0.1) is 0 Å². The molecule has 4 unspecified atom stereocenters. The van der Waals surface area contributed by atoms with Gasteiger partial charge in [0.1, 0.15) is 90.6 Å². The summed E-state index contributed by atoms with van der Waals surface area (Å²) in [6.45, 7) is 14.0. The number of fused-ring (bicyclic) bond motifs is 4. The highest BCUT2D eigenvalue weighted by Gasteiger charge is 2.51. The first-order valence-electron chi connectivity index (χ1n) is 44.5. The molecule has 3 aliphatic carbocycles. The highest BCUT2D eigenvalue weighted by molar-refractivity contribution is 7.99. The van der Waals surface area contributed by atoms with Gasteiger partial charge in [0.2, 0.25) is 11.8 Å². The van der Waals surface area contributed by atoms with Crippen LogP contribution in [0.3, 0.4) is 0 Å². The number of aliphatic imine (C=N–C) groups is 1. The van der Waals surface area contributed by atoms with Gasteiger partial charge >= 0.3 is 6.18 Å². The van der Waals surface area contributed by atoms with Crippen molar-refractivity contribution in [3.8, 4) is 23.0 Å². The molecule has 6 atom stereocenters. The van der Waals surface area contributed by atoms with Crippen molar-refractivity contribution in [3.05, 3.63) is 235 Å². The SMILES string of the molecule is CC1=CC(COc2cccc3c2CN(C2CCC(=O)NC2=O)C3=O)=NC1N.C[C@]1(N2Cc3c(OCc4ccc(CN5CCOCC5)cc4)cccc3C2=O)CCC(=O)CC1=O.O=C1CCC(N2C(=O)c3cccc(OCc4ccc(CN5CCSCC5)cc4)c3C2=O)C(=O)C1.O=C1CCC(N2Cc3c(OCc4ccc(CN5CCC[C@H]5C(F)(F)F)cc4)cccc3C2=O)C(=O)C1. The van der Waals surface area contributed by atoms with Gasteiger partial charge in [0.05, 0.1) is 81.0 Å². The number of thioether (sulfide) groups is 1. The molecule has 7 aromatic rings. The number of nitrogens with zero attached hydrogens (tertiary/aromatic N) is 8. The monoisotopic (exact) mass is 1810 g/mol. The van der Waals surface area contributed by atoms with Crippen LogP contribution in [0.5, 0.6) is 23.0 Å². The van der Waals surface area contributed by atoms with Crippen molar-refractivity contribution in [1.82, 2.24) is 39.6 Å². The van der Waals surface area contributed by atoms with Crippen molar-refractivity contribution in [2.24, 2.45) is 10.7 Å². The van der Waals surface area contributed by atoms with Crippen molar-refractivity contribution in [2.45, 2.75) is 198 Å². The number of rotatable bonds is 22. The summed E-state index contributed by atoms with van der Waals surface area (Å²) >= 11 is 2.00. The minimum Gasteiger partial charge on any atom is -0.489 e. The van der Waals surface area contributed by atoms with Crippen molar-refractivity contribution < 1.29 is 99.2 Å². The molecule has 0 radical (unpaired) electrons. The van der Waals surface area contributed by atoms with Crippen LogP contribution in [-0.4, -0.2) is 222 Å². The van der Waals surface area contributed by atoms with E-state index in [1.165, 1.54) is 37.3 Å². The van der Waals surface area contributed by atoms with E-state index in [0.717, 1.165) is 108 Å². The van der Waals surface area contributed by atoms with Crippen LogP contribution in [0.15, 0.2) is 162 Å². The molecule has 0 bridgehead atoms. The molecular weight excluding hydrogens is 1710 g/mol. The maximum Gasteiger partial charge on any atom is 0.404 e. The fraction of sp³-hybridized carbons (Fsp3) is 0.414. The van der Waals surface area contributed by atoms with E-state index in [1.54, 1.807) is 72.5 Å². The first kappa shape index (κ1) is 92.1. The fourth-order valence-electron chi connectivity index (χ4n) is 18.8. The average Bonchev–Trinajstić information content (AvgIpc) is 1.63. The Morgan fingerprint density at radius 1 is 0.489 bits per heavy atom. The molecule has 4 saturated heterocycles. The zero-order chi connectivity index (χ0) is 91.9. The Hall–Kier alpha value is -12.2. The van der Waals surface area contributed by atoms with Crippen LogP contribution in [0, 0.1) is 0 Å². The average molecular weight is 1810 g/mol. The van der Waals surface area contributed by atoms with E-state index >= 15 is 0 Å². The molecular formula is C99H103F3N10O18S. The molecule has 131 heavy (non-hydrogen) atoms. The van der Waals surface area contributed by atoms with Crippen molar-refractivity contribution in [3.63, 3.8) is 0 Å². The number of nitrogens with one attached hydrogen (secondary N) is 1. The third-order valence-corrected chi connectivity index (χ3v) is 27.2. The summed E-state index contributed by atoms with van der Waals surface area (Å²) in [5, 5.41) is 2.30. The van der Waals surface area contributed by atoms with Gasteiger partial charge < -0.3 is 44.1 Å². The maximum atomic E-state index is 13.2.